The minimum absolute atomic E-state index is 0.208. The Hall–Kier alpha value is -1.28. The number of aliphatic hydroxyl groups is 1. The second kappa shape index (κ2) is 4.53. The van der Waals surface area contributed by atoms with Crippen LogP contribution in [0.5, 0.6) is 0 Å². The number of hydrogen-bond acceptors (Lipinski definition) is 4. The van der Waals surface area contributed by atoms with Gasteiger partial charge >= 0.3 is 6.09 Å². The first-order valence-corrected chi connectivity index (χ1v) is 5.75. The largest absolute Gasteiger partial charge is 0.444 e. The van der Waals surface area contributed by atoms with E-state index >= 15 is 0 Å². The first kappa shape index (κ1) is 13.8. The average Bonchev–Trinajstić information content (AvgIpc) is 2.19. The van der Waals surface area contributed by atoms with Crippen molar-refractivity contribution < 1.29 is 14.6 Å². The Balaban J connectivity index is 2.70. The Labute approximate surface area is 102 Å². The van der Waals surface area contributed by atoms with Gasteiger partial charge in [0.1, 0.15) is 5.60 Å². The third kappa shape index (κ3) is 3.34. The van der Waals surface area contributed by atoms with Crippen molar-refractivity contribution in [3.63, 3.8) is 0 Å². The molecule has 0 radical (unpaired) electrons. The average molecular weight is 240 g/mol. The summed E-state index contributed by atoms with van der Waals surface area (Å²) < 4.78 is 5.25. The third-order valence-electron chi connectivity index (χ3n) is 2.83. The molecule has 0 aromatic carbocycles. The van der Waals surface area contributed by atoms with Crippen LogP contribution in [0, 0.1) is 16.7 Å². The van der Waals surface area contributed by atoms with Gasteiger partial charge in [0.05, 0.1) is 17.6 Å². The van der Waals surface area contributed by atoms with Crippen molar-refractivity contribution in [3.8, 4) is 6.07 Å². The minimum Gasteiger partial charge on any atom is -0.444 e. The molecule has 0 spiro atoms. The number of piperidine rings is 1. The van der Waals surface area contributed by atoms with Gasteiger partial charge in [0.25, 0.3) is 0 Å². The number of ether oxygens (including phenoxy) is 1. The quantitative estimate of drug-likeness (QED) is 0.696. The molecule has 0 aliphatic carbocycles. The smallest absolute Gasteiger partial charge is 0.410 e. The van der Waals surface area contributed by atoms with Gasteiger partial charge in [-0.25, -0.2) is 4.79 Å². The molecule has 1 heterocycles. The Morgan fingerprint density at radius 2 is 2.18 bits per heavy atom. The summed E-state index contributed by atoms with van der Waals surface area (Å²) in [6.07, 6.45) is -0.708. The highest BCUT2D eigenvalue weighted by molar-refractivity contribution is 5.68. The summed E-state index contributed by atoms with van der Waals surface area (Å²) in [7, 11) is 0. The molecule has 96 valence electrons. The molecule has 1 saturated heterocycles. The Kier molecular flexibility index (Phi) is 3.68. The number of carbonyl (C=O) groups excluding carboxylic acids is 1. The molecule has 1 amide bonds. The first-order valence-electron chi connectivity index (χ1n) is 5.75. The van der Waals surface area contributed by atoms with Crippen LogP contribution in [0.4, 0.5) is 4.79 Å². The van der Waals surface area contributed by atoms with Crippen molar-refractivity contribution in [1.82, 2.24) is 4.90 Å². The number of aliphatic hydroxyl groups excluding tert-OH is 1. The SMILES string of the molecule is CC(C)(C)OC(=O)N1CCC(O)C(C)(C#N)C1. The molecule has 2 unspecified atom stereocenters. The number of amides is 1. The zero-order valence-electron chi connectivity index (χ0n) is 10.9. The molecule has 1 fully saturated rings. The van der Waals surface area contributed by atoms with E-state index in [1.165, 1.54) is 4.90 Å². The van der Waals surface area contributed by atoms with Gasteiger partial charge in [-0.15, -0.1) is 0 Å². The van der Waals surface area contributed by atoms with Gasteiger partial charge in [-0.3, -0.25) is 0 Å². The van der Waals surface area contributed by atoms with E-state index in [-0.39, 0.29) is 6.54 Å². The Morgan fingerprint density at radius 1 is 1.59 bits per heavy atom. The van der Waals surface area contributed by atoms with Crippen molar-refractivity contribution in [2.75, 3.05) is 13.1 Å². The van der Waals surface area contributed by atoms with E-state index in [9.17, 15) is 9.90 Å². The summed E-state index contributed by atoms with van der Waals surface area (Å²) >= 11 is 0. The summed E-state index contributed by atoms with van der Waals surface area (Å²) in [6.45, 7) is 7.69. The predicted octanol–water partition coefficient (Wildman–Crippen LogP) is 1.52. The maximum absolute atomic E-state index is 11.8. The van der Waals surface area contributed by atoms with Crippen LogP contribution in [-0.2, 0) is 4.74 Å². The Bertz CT molecular complexity index is 343. The lowest BCUT2D eigenvalue weighted by atomic mass is 9.81. The summed E-state index contributed by atoms with van der Waals surface area (Å²) in [5.74, 6) is 0. The van der Waals surface area contributed by atoms with Crippen molar-refractivity contribution in [2.45, 2.75) is 45.8 Å². The van der Waals surface area contributed by atoms with Crippen molar-refractivity contribution >= 4 is 6.09 Å². The van der Waals surface area contributed by atoms with Crippen LogP contribution >= 0.6 is 0 Å². The van der Waals surface area contributed by atoms with Gasteiger partial charge in [0.2, 0.25) is 0 Å². The van der Waals surface area contributed by atoms with Crippen molar-refractivity contribution in [1.29, 1.82) is 5.26 Å². The van der Waals surface area contributed by atoms with E-state index in [4.69, 9.17) is 10.00 Å². The van der Waals surface area contributed by atoms with Crippen LogP contribution in [-0.4, -0.2) is 40.9 Å². The lowest BCUT2D eigenvalue weighted by Crippen LogP contribution is -2.52. The number of nitriles is 1. The molecular formula is C12H20N2O3. The number of likely N-dealkylation sites (tertiary alicyclic amines) is 1. The van der Waals surface area contributed by atoms with Gasteiger partial charge in [0.15, 0.2) is 0 Å². The summed E-state index contributed by atoms with van der Waals surface area (Å²) in [6, 6.07) is 2.08. The zero-order chi connectivity index (χ0) is 13.3. The summed E-state index contributed by atoms with van der Waals surface area (Å²) in [5, 5.41) is 18.8. The van der Waals surface area contributed by atoms with Gasteiger partial charge in [-0.05, 0) is 34.1 Å². The molecule has 0 saturated carbocycles. The molecule has 1 rings (SSSR count). The van der Waals surface area contributed by atoms with E-state index in [0.717, 1.165) is 0 Å². The molecule has 2 atom stereocenters. The maximum Gasteiger partial charge on any atom is 0.410 e. The third-order valence-corrected chi connectivity index (χ3v) is 2.83. The molecule has 0 aromatic rings. The number of hydrogen-bond donors (Lipinski definition) is 1. The number of nitrogens with zero attached hydrogens (tertiary/aromatic N) is 2. The van der Waals surface area contributed by atoms with Crippen LogP contribution in [0.1, 0.15) is 34.1 Å². The first-order chi connectivity index (χ1) is 7.68. The van der Waals surface area contributed by atoms with Crippen LogP contribution in [0.25, 0.3) is 0 Å². The van der Waals surface area contributed by atoms with Crippen LogP contribution in [0.15, 0.2) is 0 Å². The van der Waals surface area contributed by atoms with E-state index < -0.39 is 23.2 Å². The van der Waals surface area contributed by atoms with Gasteiger partial charge < -0.3 is 14.7 Å². The minimum atomic E-state index is -0.908. The van der Waals surface area contributed by atoms with Crippen molar-refractivity contribution in [3.05, 3.63) is 0 Å². The van der Waals surface area contributed by atoms with Crippen molar-refractivity contribution in [2.24, 2.45) is 5.41 Å². The highest BCUT2D eigenvalue weighted by Crippen LogP contribution is 2.29. The van der Waals surface area contributed by atoms with Crippen LogP contribution in [0.3, 0.4) is 0 Å². The van der Waals surface area contributed by atoms with E-state index in [1.54, 1.807) is 27.7 Å². The van der Waals surface area contributed by atoms with E-state index in [0.29, 0.717) is 13.0 Å². The fourth-order valence-corrected chi connectivity index (χ4v) is 1.77. The zero-order valence-corrected chi connectivity index (χ0v) is 10.9. The number of carbonyl (C=O) groups is 1. The highest BCUT2D eigenvalue weighted by Gasteiger charge is 2.41. The maximum atomic E-state index is 11.8. The van der Waals surface area contributed by atoms with Crippen LogP contribution in [0.2, 0.25) is 0 Å². The molecule has 1 N–H and O–H groups in total. The fourth-order valence-electron chi connectivity index (χ4n) is 1.77. The second-order valence-electron chi connectivity index (χ2n) is 5.74. The number of rotatable bonds is 0. The second-order valence-corrected chi connectivity index (χ2v) is 5.74. The molecule has 5 nitrogen and oxygen atoms in total. The molecular weight excluding hydrogens is 220 g/mol. The Morgan fingerprint density at radius 3 is 2.65 bits per heavy atom. The molecule has 0 aromatic heterocycles. The fraction of sp³-hybridized carbons (Fsp3) is 0.833. The van der Waals surface area contributed by atoms with Gasteiger partial charge in [0, 0.05) is 13.1 Å². The summed E-state index contributed by atoms with van der Waals surface area (Å²) in [5.41, 5.74) is -1.45. The normalized spacial score (nSPS) is 29.6. The van der Waals surface area contributed by atoms with Gasteiger partial charge in [-0.1, -0.05) is 0 Å². The van der Waals surface area contributed by atoms with E-state index in [2.05, 4.69) is 6.07 Å². The molecule has 1 aliphatic rings. The lowest BCUT2D eigenvalue weighted by Gasteiger charge is -2.39. The monoisotopic (exact) mass is 240 g/mol. The molecule has 1 aliphatic heterocycles. The van der Waals surface area contributed by atoms with Gasteiger partial charge in [-0.2, -0.15) is 5.26 Å². The topological polar surface area (TPSA) is 73.6 Å². The molecule has 5 heteroatoms. The predicted molar refractivity (Wildman–Crippen MR) is 62.2 cm³/mol. The lowest BCUT2D eigenvalue weighted by molar-refractivity contribution is -0.0239. The summed E-state index contributed by atoms with van der Waals surface area (Å²) in [4.78, 5) is 13.3. The van der Waals surface area contributed by atoms with E-state index in [1.807, 2.05) is 0 Å². The highest BCUT2D eigenvalue weighted by atomic mass is 16.6. The standard InChI is InChI=1S/C12H20N2O3/c1-11(2,3)17-10(16)14-6-5-9(15)12(4,7-13)8-14/h9,15H,5-6,8H2,1-4H3. The van der Waals surface area contributed by atoms with Crippen LogP contribution < -0.4 is 0 Å². The molecule has 17 heavy (non-hydrogen) atoms. The molecule has 0 bridgehead atoms.